The highest BCUT2D eigenvalue weighted by Gasteiger charge is 2.31. The van der Waals surface area contributed by atoms with Crippen LogP contribution in [0.2, 0.25) is 0 Å². The number of nitrogens with one attached hydrogen (secondary N) is 1. The second kappa shape index (κ2) is 10.5. The number of amides is 1. The number of para-hydroxylation sites is 1. The number of rotatable bonds is 5. The van der Waals surface area contributed by atoms with Crippen LogP contribution in [0, 0.1) is 23.0 Å². The van der Waals surface area contributed by atoms with Crippen LogP contribution in [0.15, 0.2) is 54.7 Å². The lowest BCUT2D eigenvalue weighted by Gasteiger charge is -2.34. The van der Waals surface area contributed by atoms with Crippen LogP contribution in [0.25, 0.3) is 11.1 Å². The summed E-state index contributed by atoms with van der Waals surface area (Å²) in [6.07, 6.45) is 3.62. The standard InChI is InChI=1S/C28H28F2N6O/c29-19-12-18(13-20(30)14-19)26-25(15-31)33-16-24(27(26)36-9-6-21(32)17-36)28(37)34-22-7-10-35(11-8-22)23-4-2-1-3-5-23/h1-5,12-14,16,21-22H,6-11,17,32H2,(H,34,37)/t21-/m0/s1. The number of nitrogens with two attached hydrogens (primary N) is 1. The summed E-state index contributed by atoms with van der Waals surface area (Å²) in [5.74, 6) is -1.88. The Labute approximate surface area is 214 Å². The zero-order chi connectivity index (χ0) is 25.9. The van der Waals surface area contributed by atoms with E-state index in [1.54, 1.807) is 0 Å². The van der Waals surface area contributed by atoms with Crippen molar-refractivity contribution in [2.24, 2.45) is 5.73 Å². The van der Waals surface area contributed by atoms with E-state index < -0.39 is 11.6 Å². The van der Waals surface area contributed by atoms with Crippen molar-refractivity contribution in [3.63, 3.8) is 0 Å². The number of carbonyl (C=O) groups excluding carboxylic acids is 1. The van der Waals surface area contributed by atoms with Gasteiger partial charge in [0.05, 0.1) is 11.3 Å². The summed E-state index contributed by atoms with van der Waals surface area (Å²) >= 11 is 0. The second-order valence-electron chi connectivity index (χ2n) is 9.58. The molecule has 2 aliphatic rings. The fraction of sp³-hybridized carbons (Fsp3) is 0.321. The number of carbonyl (C=O) groups is 1. The van der Waals surface area contributed by atoms with E-state index in [1.807, 2.05) is 29.2 Å². The summed E-state index contributed by atoms with van der Waals surface area (Å²) < 4.78 is 28.4. The molecule has 2 saturated heterocycles. The van der Waals surface area contributed by atoms with Gasteiger partial charge in [-0.2, -0.15) is 5.26 Å². The van der Waals surface area contributed by atoms with Gasteiger partial charge in [-0.05, 0) is 49.1 Å². The van der Waals surface area contributed by atoms with Gasteiger partial charge in [-0.25, -0.2) is 13.8 Å². The molecule has 2 aliphatic heterocycles. The third kappa shape index (κ3) is 5.25. The summed E-state index contributed by atoms with van der Waals surface area (Å²) in [6.45, 7) is 2.62. The molecule has 3 aromatic rings. The Balaban J connectivity index is 1.46. The molecule has 9 heteroatoms. The predicted molar refractivity (Wildman–Crippen MR) is 138 cm³/mol. The average molecular weight is 503 g/mol. The van der Waals surface area contributed by atoms with Crippen LogP contribution in [0.5, 0.6) is 0 Å². The van der Waals surface area contributed by atoms with E-state index in [-0.39, 0.29) is 40.4 Å². The Morgan fingerprint density at radius 2 is 1.70 bits per heavy atom. The Kier molecular flexibility index (Phi) is 7.01. The third-order valence-electron chi connectivity index (χ3n) is 7.05. The number of nitriles is 1. The molecule has 1 aromatic heterocycles. The zero-order valence-electron chi connectivity index (χ0n) is 20.3. The smallest absolute Gasteiger partial charge is 0.255 e. The van der Waals surface area contributed by atoms with Crippen LogP contribution in [0.1, 0.15) is 35.3 Å². The third-order valence-corrected chi connectivity index (χ3v) is 7.05. The molecule has 37 heavy (non-hydrogen) atoms. The van der Waals surface area contributed by atoms with Crippen molar-refractivity contribution in [1.29, 1.82) is 5.26 Å². The predicted octanol–water partition coefficient (Wildman–Crippen LogP) is 3.83. The van der Waals surface area contributed by atoms with Crippen LogP contribution < -0.4 is 20.9 Å². The number of pyridine rings is 1. The van der Waals surface area contributed by atoms with E-state index in [0.29, 0.717) is 25.2 Å². The van der Waals surface area contributed by atoms with E-state index in [9.17, 15) is 18.8 Å². The number of anilines is 2. The molecule has 3 N–H and O–H groups in total. The first-order chi connectivity index (χ1) is 17.9. The lowest BCUT2D eigenvalue weighted by atomic mass is 9.97. The molecule has 2 fully saturated rings. The number of aromatic nitrogens is 1. The highest BCUT2D eigenvalue weighted by Crippen LogP contribution is 2.38. The van der Waals surface area contributed by atoms with Crippen LogP contribution >= 0.6 is 0 Å². The van der Waals surface area contributed by atoms with E-state index >= 15 is 0 Å². The topological polar surface area (TPSA) is 98.3 Å². The molecule has 190 valence electrons. The van der Waals surface area contributed by atoms with Crippen molar-refractivity contribution in [3.8, 4) is 17.2 Å². The minimum absolute atomic E-state index is 0.00630. The molecule has 0 unspecified atom stereocenters. The van der Waals surface area contributed by atoms with Crippen molar-refractivity contribution in [3.05, 3.63) is 77.6 Å². The first-order valence-corrected chi connectivity index (χ1v) is 12.4. The summed E-state index contributed by atoms with van der Waals surface area (Å²) in [5.41, 5.74) is 8.40. The maximum atomic E-state index is 14.2. The Morgan fingerprint density at radius 3 is 2.32 bits per heavy atom. The molecule has 0 saturated carbocycles. The van der Waals surface area contributed by atoms with E-state index in [0.717, 1.165) is 49.8 Å². The molecule has 3 heterocycles. The van der Waals surface area contributed by atoms with Gasteiger partial charge in [0.1, 0.15) is 23.4 Å². The van der Waals surface area contributed by atoms with Crippen molar-refractivity contribution >= 4 is 17.3 Å². The van der Waals surface area contributed by atoms with Gasteiger partial charge in [0.2, 0.25) is 0 Å². The van der Waals surface area contributed by atoms with Crippen molar-refractivity contribution in [2.75, 3.05) is 36.0 Å². The number of piperidine rings is 1. The number of hydrogen-bond donors (Lipinski definition) is 2. The Morgan fingerprint density at radius 1 is 1.03 bits per heavy atom. The normalized spacial score (nSPS) is 18.1. The molecule has 0 radical (unpaired) electrons. The van der Waals surface area contributed by atoms with Gasteiger partial charge in [0.15, 0.2) is 0 Å². The van der Waals surface area contributed by atoms with Crippen molar-refractivity contribution in [2.45, 2.75) is 31.3 Å². The quantitative estimate of drug-likeness (QED) is 0.550. The molecular formula is C28H28F2N6O. The Bertz CT molecular complexity index is 1310. The van der Waals surface area contributed by atoms with Crippen molar-refractivity contribution in [1.82, 2.24) is 10.3 Å². The van der Waals surface area contributed by atoms with Gasteiger partial charge in [-0.3, -0.25) is 4.79 Å². The minimum Gasteiger partial charge on any atom is -0.371 e. The highest BCUT2D eigenvalue weighted by molar-refractivity contribution is 6.04. The lowest BCUT2D eigenvalue weighted by Crippen LogP contribution is -2.45. The number of nitrogens with zero attached hydrogens (tertiary/aromatic N) is 4. The fourth-order valence-electron chi connectivity index (χ4n) is 5.23. The molecular weight excluding hydrogens is 474 g/mol. The van der Waals surface area contributed by atoms with E-state index in [4.69, 9.17) is 5.73 Å². The minimum atomic E-state index is -0.775. The SMILES string of the molecule is N#Cc1ncc(C(=O)NC2CCN(c3ccccc3)CC2)c(N2CC[C@H](N)C2)c1-c1cc(F)cc(F)c1. The maximum Gasteiger partial charge on any atom is 0.255 e. The fourth-order valence-corrected chi connectivity index (χ4v) is 5.23. The second-order valence-corrected chi connectivity index (χ2v) is 9.58. The van der Waals surface area contributed by atoms with Gasteiger partial charge in [-0.1, -0.05) is 18.2 Å². The largest absolute Gasteiger partial charge is 0.371 e. The number of benzene rings is 2. The van der Waals surface area contributed by atoms with Gasteiger partial charge in [0, 0.05) is 61.8 Å². The highest BCUT2D eigenvalue weighted by atomic mass is 19.1. The molecule has 2 aromatic carbocycles. The van der Waals surface area contributed by atoms with E-state index in [1.165, 1.54) is 6.20 Å². The molecule has 0 bridgehead atoms. The van der Waals surface area contributed by atoms with Crippen molar-refractivity contribution < 1.29 is 13.6 Å². The monoisotopic (exact) mass is 502 g/mol. The van der Waals surface area contributed by atoms with Gasteiger partial charge in [0.25, 0.3) is 5.91 Å². The molecule has 1 atom stereocenters. The molecule has 7 nitrogen and oxygen atoms in total. The summed E-state index contributed by atoms with van der Waals surface area (Å²) in [5, 5.41) is 12.9. The summed E-state index contributed by atoms with van der Waals surface area (Å²) in [4.78, 5) is 22.0. The van der Waals surface area contributed by atoms with Gasteiger partial charge >= 0.3 is 0 Å². The van der Waals surface area contributed by atoms with Crippen LogP contribution in [-0.2, 0) is 0 Å². The lowest BCUT2D eigenvalue weighted by molar-refractivity contribution is 0.0931. The average Bonchev–Trinajstić information content (AvgIpc) is 3.34. The Hall–Kier alpha value is -4.03. The van der Waals surface area contributed by atoms with Crippen LogP contribution in [0.3, 0.4) is 0 Å². The zero-order valence-corrected chi connectivity index (χ0v) is 20.3. The molecule has 1 amide bonds. The van der Waals surface area contributed by atoms with Crippen LogP contribution in [-0.4, -0.2) is 49.2 Å². The molecule has 5 rings (SSSR count). The molecule has 0 aliphatic carbocycles. The van der Waals surface area contributed by atoms with Gasteiger partial charge in [-0.15, -0.1) is 0 Å². The number of halogens is 2. The summed E-state index contributed by atoms with van der Waals surface area (Å²) in [6, 6.07) is 15.1. The first kappa shape index (κ1) is 24.7. The number of hydrogen-bond acceptors (Lipinski definition) is 6. The first-order valence-electron chi connectivity index (χ1n) is 12.4. The van der Waals surface area contributed by atoms with Crippen LogP contribution in [0.4, 0.5) is 20.2 Å². The maximum absolute atomic E-state index is 14.2. The summed E-state index contributed by atoms with van der Waals surface area (Å²) in [7, 11) is 0. The van der Waals surface area contributed by atoms with E-state index in [2.05, 4.69) is 27.3 Å². The van der Waals surface area contributed by atoms with Gasteiger partial charge < -0.3 is 20.9 Å². The molecule has 0 spiro atoms.